The predicted octanol–water partition coefficient (Wildman–Crippen LogP) is 5.46. The molecule has 0 spiro atoms. The summed E-state index contributed by atoms with van der Waals surface area (Å²) in [4.78, 5) is 17.7. The van der Waals surface area contributed by atoms with Crippen LogP contribution in [0.3, 0.4) is 0 Å². The summed E-state index contributed by atoms with van der Waals surface area (Å²) in [5, 5.41) is 13.9. The third kappa shape index (κ3) is 15.9. The van der Waals surface area contributed by atoms with Gasteiger partial charge in [0.1, 0.15) is 11.3 Å². The van der Waals surface area contributed by atoms with E-state index in [2.05, 4.69) is 46.0 Å². The van der Waals surface area contributed by atoms with Crippen LogP contribution in [0.1, 0.15) is 12.8 Å². The number of aromatic nitrogens is 2. The zero-order valence-electron chi connectivity index (χ0n) is 27.7. The third-order valence-electron chi connectivity index (χ3n) is 7.39. The van der Waals surface area contributed by atoms with Crippen LogP contribution in [-0.2, 0) is 9.47 Å². The number of hydrogen-bond donors (Lipinski definition) is 5. The van der Waals surface area contributed by atoms with Crippen LogP contribution in [0.4, 0.5) is 23.1 Å². The average molecular weight is 734 g/mol. The number of anilines is 4. The summed E-state index contributed by atoms with van der Waals surface area (Å²) < 4.78 is 10.6. The molecule has 3 aliphatic rings. The molecule has 2 aromatic carbocycles. The van der Waals surface area contributed by atoms with Crippen LogP contribution in [0.2, 0.25) is 10.0 Å². The summed E-state index contributed by atoms with van der Waals surface area (Å²) in [6.45, 7) is 11.6. The van der Waals surface area contributed by atoms with Gasteiger partial charge in [-0.3, -0.25) is 9.80 Å². The lowest BCUT2D eigenvalue weighted by molar-refractivity contribution is 0.0377. The molecule has 0 radical (unpaired) electrons. The van der Waals surface area contributed by atoms with Gasteiger partial charge in [0.2, 0.25) is 11.9 Å². The fourth-order valence-electron chi connectivity index (χ4n) is 4.88. The number of nitrogens with two attached hydrogens (primary N) is 1. The molecular weight excluding hydrogens is 687 g/mol. The van der Waals surface area contributed by atoms with E-state index in [1.807, 2.05) is 54.6 Å². The second kappa shape index (κ2) is 22.5. The molecule has 15 heteroatoms. The smallest absolute Gasteiger partial charge is 0.229 e. The van der Waals surface area contributed by atoms with E-state index in [0.717, 1.165) is 109 Å². The second-order valence-corrected chi connectivity index (χ2v) is 12.5. The van der Waals surface area contributed by atoms with Crippen LogP contribution >= 0.6 is 34.8 Å². The van der Waals surface area contributed by atoms with Gasteiger partial charge in [0, 0.05) is 66.5 Å². The molecular formula is C34H47Cl3N10O2. The van der Waals surface area contributed by atoms with Crippen molar-refractivity contribution in [3.8, 4) is 0 Å². The van der Waals surface area contributed by atoms with E-state index in [1.54, 1.807) is 18.5 Å². The van der Waals surface area contributed by atoms with Gasteiger partial charge in [-0.05, 0) is 81.0 Å². The molecule has 1 aromatic heterocycles. The molecule has 2 saturated heterocycles. The van der Waals surface area contributed by atoms with Crippen LogP contribution in [0.25, 0.3) is 0 Å². The minimum Gasteiger partial charge on any atom is -0.379 e. The summed E-state index contributed by atoms with van der Waals surface area (Å²) in [6, 6.07) is 16.8. The van der Waals surface area contributed by atoms with Crippen LogP contribution in [-0.4, -0.2) is 110 Å². The van der Waals surface area contributed by atoms with Crippen molar-refractivity contribution in [3.05, 3.63) is 83.1 Å². The zero-order valence-corrected chi connectivity index (χ0v) is 29.9. The number of halogens is 3. The normalized spacial score (nSPS) is 17.7. The number of guanidine groups is 1. The summed E-state index contributed by atoms with van der Waals surface area (Å²) in [5.41, 5.74) is 6.80. The van der Waals surface area contributed by atoms with Crippen molar-refractivity contribution in [2.75, 3.05) is 94.7 Å². The van der Waals surface area contributed by atoms with E-state index in [9.17, 15) is 0 Å². The molecule has 0 aliphatic carbocycles. The van der Waals surface area contributed by atoms with Gasteiger partial charge in [-0.15, -0.1) is 0 Å². The predicted molar refractivity (Wildman–Crippen MR) is 202 cm³/mol. The number of hydrogen-bond acceptors (Lipinski definition) is 12. The first kappa shape index (κ1) is 38.6. The quantitative estimate of drug-likeness (QED) is 0.0976. The number of aliphatic imine (C=N–C) groups is 1. The lowest BCUT2D eigenvalue weighted by Gasteiger charge is -2.26. The first-order valence-electron chi connectivity index (χ1n) is 16.5. The Labute approximate surface area is 304 Å². The average Bonchev–Trinajstić information content (AvgIpc) is 3.11. The van der Waals surface area contributed by atoms with Gasteiger partial charge in [0.15, 0.2) is 0 Å². The van der Waals surface area contributed by atoms with Crippen molar-refractivity contribution in [3.63, 3.8) is 0 Å². The van der Waals surface area contributed by atoms with Gasteiger partial charge in [0.05, 0.1) is 26.4 Å². The van der Waals surface area contributed by atoms with Gasteiger partial charge in [-0.2, -0.15) is 4.98 Å². The highest BCUT2D eigenvalue weighted by Crippen LogP contribution is 2.19. The number of nitrogens with one attached hydrogen (secondary N) is 4. The topological polar surface area (TPSA) is 137 Å². The molecule has 4 heterocycles. The van der Waals surface area contributed by atoms with E-state index in [4.69, 9.17) is 50.0 Å². The number of nitrogens with zero attached hydrogens (tertiary/aromatic N) is 5. The van der Waals surface area contributed by atoms with Gasteiger partial charge in [-0.1, -0.05) is 46.9 Å². The Kier molecular flexibility index (Phi) is 17.7. The molecule has 6 N–H and O–H groups in total. The number of morpholine rings is 2. The van der Waals surface area contributed by atoms with Crippen molar-refractivity contribution >= 4 is 63.9 Å². The number of benzene rings is 2. The SMILES string of the molecule is Clc1cccc(NC2=NC(Cl)C=CN2)c1.Clc1cccc(Nc2nccc(NCCCN3CCOCC3)n2)c1.NCCCN1CCOCC1. The van der Waals surface area contributed by atoms with Gasteiger partial charge < -0.3 is 36.5 Å². The Morgan fingerprint density at radius 1 is 0.837 bits per heavy atom. The lowest BCUT2D eigenvalue weighted by atomic mass is 10.3. The Morgan fingerprint density at radius 2 is 1.45 bits per heavy atom. The molecule has 6 rings (SSSR count). The summed E-state index contributed by atoms with van der Waals surface area (Å²) in [7, 11) is 0. The maximum absolute atomic E-state index is 5.99. The molecule has 0 saturated carbocycles. The third-order valence-corrected chi connectivity index (χ3v) is 8.11. The largest absolute Gasteiger partial charge is 0.379 e. The van der Waals surface area contributed by atoms with E-state index >= 15 is 0 Å². The Morgan fingerprint density at radius 3 is 2.04 bits per heavy atom. The summed E-state index contributed by atoms with van der Waals surface area (Å²) in [5.74, 6) is 1.98. The molecule has 3 aromatic rings. The Hall–Kier alpha value is -3.20. The standard InChI is InChI=1S/C17H22ClN5O.C10H9Cl2N3.C7H16N2O/c18-14-3-1-4-15(13-14)21-17-20-7-5-16(22-17)19-6-2-8-23-9-11-24-12-10-23;11-7-2-1-3-8(6-7)14-10-13-5-4-9(12)15-10;8-2-1-3-9-4-6-10-7-5-9/h1,3-5,7,13H,2,6,8-12H2,(H2,19,20,21,22);1-6,9H,(H2,13,14,15);1-8H2. The van der Waals surface area contributed by atoms with Crippen LogP contribution < -0.4 is 27.0 Å². The minimum atomic E-state index is -0.326. The first-order chi connectivity index (χ1) is 24.0. The fraction of sp³-hybridized carbons (Fsp3) is 0.441. The fourth-order valence-corrected chi connectivity index (χ4v) is 5.43. The minimum absolute atomic E-state index is 0.326. The van der Waals surface area contributed by atoms with E-state index in [-0.39, 0.29) is 5.50 Å². The Bertz CT molecular complexity index is 1440. The van der Waals surface area contributed by atoms with Crippen molar-refractivity contribution in [2.45, 2.75) is 18.3 Å². The van der Waals surface area contributed by atoms with Gasteiger partial charge >= 0.3 is 0 Å². The maximum Gasteiger partial charge on any atom is 0.229 e. The van der Waals surface area contributed by atoms with Crippen LogP contribution in [0, 0.1) is 0 Å². The van der Waals surface area contributed by atoms with Gasteiger partial charge in [-0.25, -0.2) is 9.98 Å². The zero-order chi connectivity index (χ0) is 34.5. The van der Waals surface area contributed by atoms with Crippen molar-refractivity contribution < 1.29 is 9.47 Å². The van der Waals surface area contributed by atoms with Crippen molar-refractivity contribution in [1.29, 1.82) is 0 Å². The highest BCUT2D eigenvalue weighted by atomic mass is 35.5. The molecule has 0 amide bonds. The van der Waals surface area contributed by atoms with E-state index < -0.39 is 0 Å². The molecule has 266 valence electrons. The van der Waals surface area contributed by atoms with Gasteiger partial charge in [0.25, 0.3) is 0 Å². The molecule has 1 atom stereocenters. The van der Waals surface area contributed by atoms with E-state index in [0.29, 0.717) is 22.0 Å². The number of rotatable bonds is 11. The number of ether oxygens (including phenoxy) is 2. The first-order valence-corrected chi connectivity index (χ1v) is 17.7. The van der Waals surface area contributed by atoms with Crippen LogP contribution in [0.15, 0.2) is 78.1 Å². The molecule has 49 heavy (non-hydrogen) atoms. The highest BCUT2D eigenvalue weighted by Gasteiger charge is 2.10. The Balaban J connectivity index is 0.000000184. The maximum atomic E-state index is 5.99. The van der Waals surface area contributed by atoms with E-state index in [1.165, 1.54) is 0 Å². The number of alkyl halides is 1. The lowest BCUT2D eigenvalue weighted by Crippen LogP contribution is -2.37. The molecule has 1 unspecified atom stereocenters. The molecule has 0 bridgehead atoms. The van der Waals surface area contributed by atoms with Crippen molar-refractivity contribution in [2.24, 2.45) is 10.7 Å². The molecule has 3 aliphatic heterocycles. The molecule has 2 fully saturated rings. The second-order valence-electron chi connectivity index (χ2n) is 11.2. The summed E-state index contributed by atoms with van der Waals surface area (Å²) in [6.07, 6.45) is 7.42. The summed E-state index contributed by atoms with van der Waals surface area (Å²) >= 11 is 17.7. The van der Waals surface area contributed by atoms with Crippen LogP contribution in [0.5, 0.6) is 0 Å². The molecule has 12 nitrogen and oxygen atoms in total. The highest BCUT2D eigenvalue weighted by molar-refractivity contribution is 6.31. The van der Waals surface area contributed by atoms with Crippen molar-refractivity contribution in [1.82, 2.24) is 25.1 Å². The monoisotopic (exact) mass is 732 g/mol.